The molecular formula is C17H16FN5O3. The summed E-state index contributed by atoms with van der Waals surface area (Å²) < 4.78 is 12.9. The smallest absolute Gasteiger partial charge is 0.252 e. The van der Waals surface area contributed by atoms with Gasteiger partial charge < -0.3 is 15.7 Å². The molecule has 134 valence electrons. The molecule has 0 radical (unpaired) electrons. The van der Waals surface area contributed by atoms with Crippen molar-refractivity contribution in [2.45, 2.75) is 12.6 Å². The average Bonchev–Trinajstić information content (AvgIpc) is 3.13. The number of carbonyl (C=O) groups is 2. The van der Waals surface area contributed by atoms with Crippen molar-refractivity contribution in [1.29, 1.82) is 0 Å². The van der Waals surface area contributed by atoms with Crippen LogP contribution in [0, 0.1) is 5.82 Å². The predicted octanol–water partition coefficient (Wildman–Crippen LogP) is 0.504. The summed E-state index contributed by atoms with van der Waals surface area (Å²) in [6, 6.07) is 9.22. The number of benzene rings is 2. The number of rotatable bonds is 6. The molecule has 0 spiro atoms. The van der Waals surface area contributed by atoms with Gasteiger partial charge in [0.2, 0.25) is 5.91 Å². The van der Waals surface area contributed by atoms with Crippen LogP contribution in [-0.4, -0.2) is 45.0 Å². The fourth-order valence-electron chi connectivity index (χ4n) is 2.33. The summed E-state index contributed by atoms with van der Waals surface area (Å²) in [5.41, 5.74) is 2.10. The lowest BCUT2D eigenvalue weighted by atomic mass is 10.1. The van der Waals surface area contributed by atoms with Gasteiger partial charge in [0.1, 0.15) is 22.9 Å². The molecule has 2 aromatic carbocycles. The number of fused-ring (bicyclic) bond motifs is 1. The molecule has 0 fully saturated rings. The molecular weight excluding hydrogens is 341 g/mol. The molecule has 0 bridgehead atoms. The number of hydrogen-bond acceptors (Lipinski definition) is 5. The van der Waals surface area contributed by atoms with E-state index in [0.717, 1.165) is 0 Å². The monoisotopic (exact) mass is 357 g/mol. The Morgan fingerprint density at radius 3 is 2.58 bits per heavy atom. The quantitative estimate of drug-likeness (QED) is 0.512. The lowest BCUT2D eigenvalue weighted by molar-refractivity contribution is -0.124. The topological polar surface area (TPSA) is 120 Å². The number of carbonyl (C=O) groups excluding carboxylic acids is 2. The Bertz CT molecular complexity index is 926. The number of nitrogens with one attached hydrogen (secondary N) is 3. The molecule has 26 heavy (non-hydrogen) atoms. The Labute approximate surface area is 147 Å². The molecule has 8 nitrogen and oxygen atoms in total. The van der Waals surface area contributed by atoms with E-state index in [0.29, 0.717) is 16.6 Å². The van der Waals surface area contributed by atoms with E-state index in [2.05, 4.69) is 26.0 Å². The fraction of sp³-hybridized carbons (Fsp3) is 0.176. The first kappa shape index (κ1) is 17.5. The summed E-state index contributed by atoms with van der Waals surface area (Å²) in [6.45, 7) is -0.413. The number of H-pyrrole nitrogens is 1. The summed E-state index contributed by atoms with van der Waals surface area (Å²) in [7, 11) is 0. The second kappa shape index (κ2) is 7.70. The summed E-state index contributed by atoms with van der Waals surface area (Å²) in [4.78, 5) is 24.5. The van der Waals surface area contributed by atoms with E-state index in [-0.39, 0.29) is 17.9 Å². The van der Waals surface area contributed by atoms with Crippen LogP contribution in [0.5, 0.6) is 0 Å². The highest BCUT2D eigenvalue weighted by Crippen LogP contribution is 2.10. The number of hydrogen-bond donors (Lipinski definition) is 4. The fourth-order valence-corrected chi connectivity index (χ4v) is 2.33. The zero-order valence-electron chi connectivity index (χ0n) is 13.6. The van der Waals surface area contributed by atoms with Crippen LogP contribution in [-0.2, 0) is 11.3 Å². The summed E-state index contributed by atoms with van der Waals surface area (Å²) in [5.74, 6) is -1.44. The Kier molecular flexibility index (Phi) is 5.18. The summed E-state index contributed by atoms with van der Waals surface area (Å²) in [6.07, 6.45) is 0. The minimum atomic E-state index is -1.11. The van der Waals surface area contributed by atoms with Crippen molar-refractivity contribution in [2.24, 2.45) is 0 Å². The van der Waals surface area contributed by atoms with Crippen LogP contribution in [0.25, 0.3) is 11.0 Å². The van der Waals surface area contributed by atoms with Gasteiger partial charge in [-0.05, 0) is 35.9 Å². The number of aromatic amines is 1. The normalized spacial score (nSPS) is 11.9. The minimum absolute atomic E-state index is 0.149. The van der Waals surface area contributed by atoms with Gasteiger partial charge in [0.05, 0.1) is 6.61 Å². The second-order valence-corrected chi connectivity index (χ2v) is 5.58. The SMILES string of the molecule is O=C(NC(CO)C(=O)NCc1ccc(F)cc1)c1ccc2n[nH]nc2c1. The Hall–Kier alpha value is -3.33. The molecule has 1 atom stereocenters. The largest absolute Gasteiger partial charge is 0.394 e. The van der Waals surface area contributed by atoms with Crippen LogP contribution >= 0.6 is 0 Å². The Balaban J connectivity index is 1.61. The van der Waals surface area contributed by atoms with Crippen LogP contribution < -0.4 is 10.6 Å². The minimum Gasteiger partial charge on any atom is -0.394 e. The predicted molar refractivity (Wildman–Crippen MR) is 90.5 cm³/mol. The second-order valence-electron chi connectivity index (χ2n) is 5.58. The van der Waals surface area contributed by atoms with Crippen molar-refractivity contribution in [2.75, 3.05) is 6.61 Å². The van der Waals surface area contributed by atoms with Gasteiger partial charge in [-0.1, -0.05) is 12.1 Å². The molecule has 1 unspecified atom stereocenters. The maximum atomic E-state index is 12.9. The van der Waals surface area contributed by atoms with Crippen molar-refractivity contribution >= 4 is 22.8 Å². The van der Waals surface area contributed by atoms with Gasteiger partial charge in [0.15, 0.2) is 0 Å². The van der Waals surface area contributed by atoms with E-state index < -0.39 is 24.5 Å². The number of aliphatic hydroxyl groups is 1. The highest BCUT2D eigenvalue weighted by Gasteiger charge is 2.20. The third-order valence-corrected chi connectivity index (χ3v) is 3.76. The van der Waals surface area contributed by atoms with E-state index >= 15 is 0 Å². The molecule has 0 saturated heterocycles. The van der Waals surface area contributed by atoms with Crippen LogP contribution in [0.3, 0.4) is 0 Å². The van der Waals surface area contributed by atoms with E-state index in [9.17, 15) is 19.1 Å². The summed E-state index contributed by atoms with van der Waals surface area (Å²) >= 11 is 0. The van der Waals surface area contributed by atoms with Crippen molar-refractivity contribution in [3.63, 3.8) is 0 Å². The number of amides is 2. The van der Waals surface area contributed by atoms with E-state index in [1.54, 1.807) is 12.1 Å². The van der Waals surface area contributed by atoms with Gasteiger partial charge in [-0.25, -0.2) is 4.39 Å². The third kappa shape index (κ3) is 4.01. The van der Waals surface area contributed by atoms with Gasteiger partial charge in [-0.2, -0.15) is 15.4 Å². The van der Waals surface area contributed by atoms with Gasteiger partial charge >= 0.3 is 0 Å². The Morgan fingerprint density at radius 1 is 1.12 bits per heavy atom. The molecule has 3 rings (SSSR count). The molecule has 0 aliphatic carbocycles. The molecule has 9 heteroatoms. The first-order valence-corrected chi connectivity index (χ1v) is 7.81. The van der Waals surface area contributed by atoms with Gasteiger partial charge in [-0.15, -0.1) is 0 Å². The molecule has 1 heterocycles. The van der Waals surface area contributed by atoms with Crippen LogP contribution in [0.1, 0.15) is 15.9 Å². The lowest BCUT2D eigenvalue weighted by Crippen LogP contribution is -2.48. The van der Waals surface area contributed by atoms with Crippen LogP contribution in [0.2, 0.25) is 0 Å². The maximum Gasteiger partial charge on any atom is 0.252 e. The molecule has 0 aliphatic heterocycles. The molecule has 2 amide bonds. The third-order valence-electron chi connectivity index (χ3n) is 3.76. The number of aromatic nitrogens is 3. The maximum absolute atomic E-state index is 12.9. The molecule has 1 aromatic heterocycles. The zero-order valence-corrected chi connectivity index (χ0v) is 13.6. The number of nitrogens with zero attached hydrogens (tertiary/aromatic N) is 2. The van der Waals surface area contributed by atoms with Crippen LogP contribution in [0.4, 0.5) is 4.39 Å². The number of aliphatic hydroxyl groups excluding tert-OH is 1. The molecule has 3 aromatic rings. The average molecular weight is 357 g/mol. The molecule has 4 N–H and O–H groups in total. The van der Waals surface area contributed by atoms with Crippen LogP contribution in [0.15, 0.2) is 42.5 Å². The summed E-state index contributed by atoms with van der Waals surface area (Å²) in [5, 5.41) is 24.7. The van der Waals surface area contributed by atoms with Gasteiger partial charge in [-0.3, -0.25) is 9.59 Å². The van der Waals surface area contributed by atoms with Crippen molar-refractivity contribution in [1.82, 2.24) is 26.0 Å². The van der Waals surface area contributed by atoms with E-state index in [1.807, 2.05) is 0 Å². The van der Waals surface area contributed by atoms with Crippen molar-refractivity contribution < 1.29 is 19.1 Å². The molecule has 0 saturated carbocycles. The molecule has 0 aliphatic rings. The standard InChI is InChI=1S/C17H16FN5O3/c18-12-4-1-10(2-5-12)8-19-17(26)15(9-24)20-16(25)11-3-6-13-14(7-11)22-23-21-13/h1-7,15,24H,8-9H2,(H,19,26)(H,20,25)(H,21,22,23). The van der Waals surface area contributed by atoms with Gasteiger partial charge in [0, 0.05) is 12.1 Å². The first-order chi connectivity index (χ1) is 12.6. The Morgan fingerprint density at radius 2 is 1.85 bits per heavy atom. The lowest BCUT2D eigenvalue weighted by Gasteiger charge is -2.16. The highest BCUT2D eigenvalue weighted by atomic mass is 19.1. The van der Waals surface area contributed by atoms with Crippen molar-refractivity contribution in [3.8, 4) is 0 Å². The highest BCUT2D eigenvalue weighted by molar-refractivity contribution is 5.99. The zero-order chi connectivity index (χ0) is 18.5. The van der Waals surface area contributed by atoms with E-state index in [1.165, 1.54) is 30.3 Å². The van der Waals surface area contributed by atoms with Crippen molar-refractivity contribution in [3.05, 3.63) is 59.4 Å². The first-order valence-electron chi connectivity index (χ1n) is 7.81. The number of halogens is 1. The van der Waals surface area contributed by atoms with Gasteiger partial charge in [0.25, 0.3) is 5.91 Å². The van der Waals surface area contributed by atoms with E-state index in [4.69, 9.17) is 0 Å².